The number of rotatable bonds is 8. The number of carboxylic acid groups (broad SMARTS) is 1. The molecule has 4 nitrogen and oxygen atoms in total. The van der Waals surface area contributed by atoms with E-state index < -0.39 is 12.1 Å². The van der Waals surface area contributed by atoms with Crippen LogP contribution in [0.15, 0.2) is 35.9 Å². The average Bonchev–Trinajstić information content (AvgIpc) is 2.67. The molecule has 0 amide bonds. The molecule has 0 bridgehead atoms. The first-order valence-electron chi connectivity index (χ1n) is 10.4. The van der Waals surface area contributed by atoms with E-state index in [9.17, 15) is 4.79 Å². The Bertz CT molecular complexity index is 653. The van der Waals surface area contributed by atoms with E-state index >= 15 is 0 Å². The van der Waals surface area contributed by atoms with Crippen molar-refractivity contribution in [1.29, 1.82) is 0 Å². The Kier molecular flexibility index (Phi) is 9.55. The van der Waals surface area contributed by atoms with E-state index in [-0.39, 0.29) is 37.4 Å². The molecule has 0 aliphatic heterocycles. The van der Waals surface area contributed by atoms with Gasteiger partial charge in [0.05, 0.1) is 12.5 Å². The summed E-state index contributed by atoms with van der Waals surface area (Å²) in [6, 6.07) is 7.67. The molecule has 0 radical (unpaired) electrons. The number of aliphatic carboxylic acids is 1. The SMILES string of the molecule is CCOC(CC(=O)O)c1ccc(OCC2=CC3(CCCCC3)CCC2)cc1.[H-].[Na+]. The summed E-state index contributed by atoms with van der Waals surface area (Å²) in [5.74, 6) is -0.0249. The second-order valence-corrected chi connectivity index (χ2v) is 7.98. The fraction of sp³-hybridized carbons (Fsp3) is 0.609. The van der Waals surface area contributed by atoms with Crippen molar-refractivity contribution in [1.82, 2.24) is 0 Å². The Morgan fingerprint density at radius 2 is 1.82 bits per heavy atom. The Labute approximate surface area is 192 Å². The molecule has 2 aliphatic rings. The maximum Gasteiger partial charge on any atom is 1.00 e. The third kappa shape index (κ3) is 6.62. The van der Waals surface area contributed by atoms with E-state index in [1.165, 1.54) is 50.5 Å². The molecule has 1 aromatic rings. The second kappa shape index (κ2) is 11.4. The molecule has 1 fully saturated rings. The third-order valence-electron chi connectivity index (χ3n) is 5.94. The van der Waals surface area contributed by atoms with Crippen LogP contribution in [0.25, 0.3) is 0 Å². The minimum atomic E-state index is -0.852. The number of hydrogen-bond acceptors (Lipinski definition) is 3. The van der Waals surface area contributed by atoms with E-state index in [0.29, 0.717) is 18.6 Å². The second-order valence-electron chi connectivity index (χ2n) is 7.98. The third-order valence-corrected chi connectivity index (χ3v) is 5.94. The van der Waals surface area contributed by atoms with E-state index in [1.807, 2.05) is 31.2 Å². The Balaban J connectivity index is 0.00000210. The summed E-state index contributed by atoms with van der Waals surface area (Å²) in [6.45, 7) is 3.03. The van der Waals surface area contributed by atoms with Gasteiger partial charge < -0.3 is 16.0 Å². The molecular formula is C23H33NaO4. The summed E-state index contributed by atoms with van der Waals surface area (Å²) >= 11 is 0. The van der Waals surface area contributed by atoms with Crippen molar-refractivity contribution in [3.63, 3.8) is 0 Å². The predicted molar refractivity (Wildman–Crippen MR) is 107 cm³/mol. The fourth-order valence-electron chi connectivity index (χ4n) is 4.60. The normalized spacial score (nSPS) is 19.4. The fourth-order valence-corrected chi connectivity index (χ4v) is 4.60. The number of ether oxygens (including phenoxy) is 2. The summed E-state index contributed by atoms with van der Waals surface area (Å²) in [7, 11) is 0. The van der Waals surface area contributed by atoms with Crippen LogP contribution in [0.1, 0.15) is 77.8 Å². The van der Waals surface area contributed by atoms with Gasteiger partial charge in [0.25, 0.3) is 0 Å². The van der Waals surface area contributed by atoms with Crippen LogP contribution >= 0.6 is 0 Å². The molecule has 0 aromatic heterocycles. The molecule has 0 saturated heterocycles. The summed E-state index contributed by atoms with van der Waals surface area (Å²) in [6.07, 6.45) is 12.7. The molecule has 28 heavy (non-hydrogen) atoms. The number of hydrogen-bond donors (Lipinski definition) is 1. The maximum absolute atomic E-state index is 11.0. The number of carbonyl (C=O) groups is 1. The summed E-state index contributed by atoms with van der Waals surface area (Å²) in [5.41, 5.74) is 2.76. The van der Waals surface area contributed by atoms with E-state index in [4.69, 9.17) is 14.6 Å². The van der Waals surface area contributed by atoms with Crippen molar-refractivity contribution in [2.45, 2.75) is 70.8 Å². The number of carboxylic acids is 1. The molecule has 1 N–H and O–H groups in total. The zero-order valence-corrected chi connectivity index (χ0v) is 19.4. The summed E-state index contributed by atoms with van der Waals surface area (Å²) < 4.78 is 11.6. The van der Waals surface area contributed by atoms with Crippen LogP contribution in [-0.4, -0.2) is 24.3 Å². The largest absolute Gasteiger partial charge is 1.00 e. The molecule has 1 aromatic carbocycles. The molecule has 5 heteroatoms. The van der Waals surface area contributed by atoms with Crippen LogP contribution in [0, 0.1) is 5.41 Å². The first kappa shape index (κ1) is 23.5. The van der Waals surface area contributed by atoms with Crippen molar-refractivity contribution in [3.8, 4) is 5.75 Å². The minimum absolute atomic E-state index is 0. The van der Waals surface area contributed by atoms with Crippen LogP contribution in [0.3, 0.4) is 0 Å². The van der Waals surface area contributed by atoms with Gasteiger partial charge >= 0.3 is 35.5 Å². The zero-order valence-electron chi connectivity index (χ0n) is 18.4. The van der Waals surface area contributed by atoms with Gasteiger partial charge in [0.2, 0.25) is 0 Å². The van der Waals surface area contributed by atoms with Gasteiger partial charge in [0.1, 0.15) is 12.4 Å². The van der Waals surface area contributed by atoms with Gasteiger partial charge in [0.15, 0.2) is 0 Å². The van der Waals surface area contributed by atoms with Gasteiger partial charge in [-0.15, -0.1) is 0 Å². The van der Waals surface area contributed by atoms with Crippen molar-refractivity contribution in [3.05, 3.63) is 41.5 Å². The van der Waals surface area contributed by atoms with E-state index in [0.717, 1.165) is 17.7 Å². The first-order chi connectivity index (χ1) is 13.1. The average molecular weight is 397 g/mol. The summed E-state index contributed by atoms with van der Waals surface area (Å²) in [5, 5.41) is 9.05. The van der Waals surface area contributed by atoms with Gasteiger partial charge in [-0.2, -0.15) is 0 Å². The van der Waals surface area contributed by atoms with Crippen molar-refractivity contribution >= 4 is 5.97 Å². The quantitative estimate of drug-likeness (QED) is 0.542. The van der Waals surface area contributed by atoms with Crippen LogP contribution in [0.2, 0.25) is 0 Å². The maximum atomic E-state index is 11.0. The van der Waals surface area contributed by atoms with Crippen molar-refractivity contribution < 1.29 is 50.4 Å². The Morgan fingerprint density at radius 3 is 2.46 bits per heavy atom. The first-order valence-corrected chi connectivity index (χ1v) is 10.4. The van der Waals surface area contributed by atoms with Crippen LogP contribution in [-0.2, 0) is 9.53 Å². The van der Waals surface area contributed by atoms with Crippen molar-refractivity contribution in [2.75, 3.05) is 13.2 Å². The van der Waals surface area contributed by atoms with Gasteiger partial charge in [0, 0.05) is 6.61 Å². The van der Waals surface area contributed by atoms with Crippen LogP contribution < -0.4 is 34.3 Å². The zero-order chi connectivity index (χ0) is 19.1. The molecule has 2 aliphatic carbocycles. The topological polar surface area (TPSA) is 55.8 Å². The molecule has 150 valence electrons. The predicted octanol–water partition coefficient (Wildman–Crippen LogP) is 2.80. The summed E-state index contributed by atoms with van der Waals surface area (Å²) in [4.78, 5) is 11.0. The molecule has 1 atom stereocenters. The molecular weight excluding hydrogens is 363 g/mol. The minimum Gasteiger partial charge on any atom is -1.00 e. The molecule has 0 heterocycles. The Morgan fingerprint density at radius 1 is 1.14 bits per heavy atom. The number of allylic oxidation sites excluding steroid dienone is 1. The van der Waals surface area contributed by atoms with Gasteiger partial charge in [-0.25, -0.2) is 0 Å². The van der Waals surface area contributed by atoms with E-state index in [1.54, 1.807) is 0 Å². The van der Waals surface area contributed by atoms with Gasteiger partial charge in [-0.05, 0) is 67.7 Å². The smallest absolute Gasteiger partial charge is 1.00 e. The molecule has 3 rings (SSSR count). The van der Waals surface area contributed by atoms with Crippen LogP contribution in [0.4, 0.5) is 0 Å². The van der Waals surface area contributed by atoms with E-state index in [2.05, 4.69) is 6.08 Å². The molecule has 1 unspecified atom stereocenters. The van der Waals surface area contributed by atoms with Crippen LogP contribution in [0.5, 0.6) is 5.75 Å². The Hall–Kier alpha value is -0.810. The van der Waals surface area contributed by atoms with Gasteiger partial charge in [-0.3, -0.25) is 4.79 Å². The molecule has 1 spiro atoms. The van der Waals surface area contributed by atoms with Gasteiger partial charge in [-0.1, -0.05) is 37.5 Å². The van der Waals surface area contributed by atoms with Crippen molar-refractivity contribution in [2.24, 2.45) is 5.41 Å². The monoisotopic (exact) mass is 396 g/mol. The number of benzene rings is 1. The molecule has 1 saturated carbocycles. The standard InChI is InChI=1S/C23H32O4.Na.H/c1-2-26-21(15-22(24)25)19-8-10-20(11-9-19)27-17-18-7-6-14-23(16-18)12-4-3-5-13-23;;/h8-11,16,21H,2-7,12-15,17H2,1H3,(H,24,25);;/q;+1;-1.